The van der Waals surface area contributed by atoms with Gasteiger partial charge in [-0.2, -0.15) is 0 Å². The Kier molecular flexibility index (Phi) is 3.79. The maximum absolute atomic E-state index is 11.2. The van der Waals surface area contributed by atoms with Crippen molar-refractivity contribution in [3.8, 4) is 17.2 Å². The number of anilines is 1. The monoisotopic (exact) mass is 273 g/mol. The number of hydrogen-bond donors (Lipinski definition) is 2. The van der Waals surface area contributed by atoms with Crippen molar-refractivity contribution >= 4 is 11.7 Å². The van der Waals surface area contributed by atoms with Crippen molar-refractivity contribution in [3.05, 3.63) is 47.5 Å². The third-order valence-corrected chi connectivity index (χ3v) is 2.81. The van der Waals surface area contributed by atoms with Gasteiger partial charge in [-0.15, -0.1) is 0 Å². The number of nitrogens with two attached hydrogens (primary N) is 1. The van der Waals surface area contributed by atoms with Gasteiger partial charge in [0.05, 0.1) is 12.8 Å². The third kappa shape index (κ3) is 2.66. The molecule has 0 heterocycles. The highest BCUT2D eigenvalue weighted by Crippen LogP contribution is 2.36. The molecule has 0 saturated heterocycles. The highest BCUT2D eigenvalue weighted by molar-refractivity contribution is 5.93. The Morgan fingerprint density at radius 2 is 1.95 bits per heavy atom. The van der Waals surface area contributed by atoms with E-state index in [1.807, 2.05) is 13.0 Å². The minimum absolute atomic E-state index is 0.00706. The fraction of sp³-hybridized carbons (Fsp3) is 0.133. The summed E-state index contributed by atoms with van der Waals surface area (Å²) in [6, 6.07) is 9.95. The van der Waals surface area contributed by atoms with Gasteiger partial charge in [-0.1, -0.05) is 12.1 Å². The molecule has 5 heteroatoms. The minimum atomic E-state index is -1.10. The lowest BCUT2D eigenvalue weighted by Gasteiger charge is -2.14. The van der Waals surface area contributed by atoms with Crippen LogP contribution in [-0.4, -0.2) is 18.2 Å². The van der Waals surface area contributed by atoms with Crippen molar-refractivity contribution < 1.29 is 19.4 Å². The number of aromatic carboxylic acids is 1. The molecule has 0 bridgehead atoms. The Morgan fingerprint density at radius 3 is 2.60 bits per heavy atom. The molecule has 0 aliphatic heterocycles. The second-order valence-electron chi connectivity index (χ2n) is 4.29. The lowest BCUT2D eigenvalue weighted by molar-refractivity contribution is 0.0694. The smallest absolute Gasteiger partial charge is 0.339 e. The van der Waals surface area contributed by atoms with Crippen molar-refractivity contribution in [1.82, 2.24) is 0 Å². The van der Waals surface area contributed by atoms with Gasteiger partial charge in [0.25, 0.3) is 0 Å². The molecular formula is C15H15NO4. The molecule has 0 radical (unpaired) electrons. The zero-order valence-electron chi connectivity index (χ0n) is 11.2. The molecule has 0 spiro atoms. The number of aryl methyl sites for hydroxylation is 1. The van der Waals surface area contributed by atoms with E-state index in [9.17, 15) is 9.90 Å². The maximum Gasteiger partial charge on any atom is 0.339 e. The molecule has 0 aromatic heterocycles. The van der Waals surface area contributed by atoms with Crippen molar-refractivity contribution in [2.45, 2.75) is 6.92 Å². The number of benzene rings is 2. The summed E-state index contributed by atoms with van der Waals surface area (Å²) < 4.78 is 10.9. The SMILES string of the molecule is COc1cc(C)ccc1Oc1c(N)cccc1C(=O)O. The van der Waals surface area contributed by atoms with Crippen LogP contribution in [0.2, 0.25) is 0 Å². The molecule has 20 heavy (non-hydrogen) atoms. The first-order valence-corrected chi connectivity index (χ1v) is 5.97. The lowest BCUT2D eigenvalue weighted by atomic mass is 10.1. The van der Waals surface area contributed by atoms with Gasteiger partial charge in [-0.25, -0.2) is 4.79 Å². The number of para-hydroxylation sites is 1. The zero-order valence-corrected chi connectivity index (χ0v) is 11.2. The van der Waals surface area contributed by atoms with Crippen LogP contribution >= 0.6 is 0 Å². The van der Waals surface area contributed by atoms with E-state index in [0.29, 0.717) is 11.5 Å². The number of carboxylic acids is 1. The normalized spacial score (nSPS) is 10.1. The van der Waals surface area contributed by atoms with Gasteiger partial charge < -0.3 is 20.3 Å². The summed E-state index contributed by atoms with van der Waals surface area (Å²) in [7, 11) is 1.52. The van der Waals surface area contributed by atoms with E-state index >= 15 is 0 Å². The van der Waals surface area contributed by atoms with Crippen LogP contribution in [0.5, 0.6) is 17.2 Å². The van der Waals surface area contributed by atoms with E-state index in [2.05, 4.69) is 0 Å². The summed E-state index contributed by atoms with van der Waals surface area (Å²) >= 11 is 0. The molecule has 2 aromatic rings. The largest absolute Gasteiger partial charge is 0.493 e. The molecule has 104 valence electrons. The Balaban J connectivity index is 2.47. The topological polar surface area (TPSA) is 81.8 Å². The first kappa shape index (κ1) is 13.7. The molecule has 0 aliphatic rings. The summed E-state index contributed by atoms with van der Waals surface area (Å²) in [6.45, 7) is 1.92. The maximum atomic E-state index is 11.2. The quantitative estimate of drug-likeness (QED) is 0.836. The number of nitrogen functional groups attached to an aromatic ring is 1. The van der Waals surface area contributed by atoms with Crippen LogP contribution in [0.25, 0.3) is 0 Å². The van der Waals surface area contributed by atoms with Gasteiger partial charge >= 0.3 is 5.97 Å². The fourth-order valence-corrected chi connectivity index (χ4v) is 1.81. The first-order chi connectivity index (χ1) is 9.52. The van der Waals surface area contributed by atoms with Gasteiger partial charge in [0.15, 0.2) is 17.2 Å². The summed E-state index contributed by atoms with van der Waals surface area (Å²) in [5.74, 6) is -0.0522. The number of rotatable bonds is 4. The van der Waals surface area contributed by atoms with Crippen LogP contribution in [0, 0.1) is 6.92 Å². The van der Waals surface area contributed by atoms with Gasteiger partial charge in [0.1, 0.15) is 5.56 Å². The van der Waals surface area contributed by atoms with Crippen LogP contribution in [0.15, 0.2) is 36.4 Å². The zero-order chi connectivity index (χ0) is 14.7. The fourth-order valence-electron chi connectivity index (χ4n) is 1.81. The molecule has 0 fully saturated rings. The molecular weight excluding hydrogens is 258 g/mol. The average molecular weight is 273 g/mol. The van der Waals surface area contributed by atoms with E-state index in [-0.39, 0.29) is 17.0 Å². The summed E-state index contributed by atoms with van der Waals surface area (Å²) in [5, 5.41) is 9.17. The van der Waals surface area contributed by atoms with Crippen molar-refractivity contribution in [2.75, 3.05) is 12.8 Å². The van der Waals surface area contributed by atoms with E-state index in [4.69, 9.17) is 15.2 Å². The number of carboxylic acid groups (broad SMARTS) is 1. The molecule has 2 rings (SSSR count). The number of carbonyl (C=O) groups is 1. The van der Waals surface area contributed by atoms with Gasteiger partial charge in [-0.05, 0) is 36.8 Å². The second kappa shape index (κ2) is 5.52. The van der Waals surface area contributed by atoms with Crippen molar-refractivity contribution in [2.24, 2.45) is 0 Å². The van der Waals surface area contributed by atoms with Crippen LogP contribution in [0.3, 0.4) is 0 Å². The number of hydrogen-bond acceptors (Lipinski definition) is 4. The lowest BCUT2D eigenvalue weighted by Crippen LogP contribution is -2.03. The Morgan fingerprint density at radius 1 is 1.20 bits per heavy atom. The number of methoxy groups -OCH3 is 1. The standard InChI is InChI=1S/C15H15NO4/c1-9-6-7-12(13(8-9)19-2)20-14-10(15(17)18)4-3-5-11(14)16/h3-8H,16H2,1-2H3,(H,17,18). The van der Waals surface area contributed by atoms with E-state index in [0.717, 1.165) is 5.56 Å². The first-order valence-electron chi connectivity index (χ1n) is 5.97. The number of ether oxygens (including phenoxy) is 2. The molecule has 0 amide bonds. The molecule has 0 saturated carbocycles. The highest BCUT2D eigenvalue weighted by Gasteiger charge is 2.16. The van der Waals surface area contributed by atoms with Gasteiger partial charge in [0, 0.05) is 0 Å². The second-order valence-corrected chi connectivity index (χ2v) is 4.29. The molecule has 0 unspecified atom stereocenters. The third-order valence-electron chi connectivity index (χ3n) is 2.81. The minimum Gasteiger partial charge on any atom is -0.493 e. The average Bonchev–Trinajstić information content (AvgIpc) is 2.42. The molecule has 2 aromatic carbocycles. The van der Waals surface area contributed by atoms with E-state index in [1.54, 1.807) is 24.3 Å². The summed E-state index contributed by atoms with van der Waals surface area (Å²) in [4.78, 5) is 11.2. The van der Waals surface area contributed by atoms with E-state index < -0.39 is 5.97 Å². The Bertz CT molecular complexity index is 652. The van der Waals surface area contributed by atoms with Gasteiger partial charge in [0.2, 0.25) is 0 Å². The molecule has 5 nitrogen and oxygen atoms in total. The van der Waals surface area contributed by atoms with E-state index in [1.165, 1.54) is 13.2 Å². The van der Waals surface area contributed by atoms with Gasteiger partial charge in [-0.3, -0.25) is 0 Å². The molecule has 0 aliphatic carbocycles. The predicted octanol–water partition coefficient (Wildman–Crippen LogP) is 3.08. The predicted molar refractivity (Wildman–Crippen MR) is 75.6 cm³/mol. The Hall–Kier alpha value is -2.69. The summed E-state index contributed by atoms with van der Waals surface area (Å²) in [6.07, 6.45) is 0. The van der Waals surface area contributed by atoms with Crippen molar-refractivity contribution in [1.29, 1.82) is 0 Å². The molecule has 0 atom stereocenters. The van der Waals surface area contributed by atoms with Crippen LogP contribution < -0.4 is 15.2 Å². The van der Waals surface area contributed by atoms with Crippen LogP contribution in [0.4, 0.5) is 5.69 Å². The van der Waals surface area contributed by atoms with Crippen molar-refractivity contribution in [3.63, 3.8) is 0 Å². The van der Waals surface area contributed by atoms with Crippen LogP contribution in [-0.2, 0) is 0 Å². The highest BCUT2D eigenvalue weighted by atomic mass is 16.5. The van der Waals surface area contributed by atoms with Crippen LogP contribution in [0.1, 0.15) is 15.9 Å². The Labute approximate surface area is 116 Å². The summed E-state index contributed by atoms with van der Waals surface area (Å²) in [5.41, 5.74) is 7.07. The molecule has 3 N–H and O–H groups in total.